The van der Waals surface area contributed by atoms with Crippen molar-refractivity contribution in [2.24, 2.45) is 0 Å². The van der Waals surface area contributed by atoms with Crippen molar-refractivity contribution in [2.75, 3.05) is 7.11 Å². The molecule has 0 aromatic carbocycles. The summed E-state index contributed by atoms with van der Waals surface area (Å²) in [7, 11) is 1.07. The average molecular weight is 153 g/mol. The summed E-state index contributed by atoms with van der Waals surface area (Å²) in [5.74, 6) is -2.35. The van der Waals surface area contributed by atoms with Gasteiger partial charge in [-0.2, -0.15) is 0 Å². The lowest BCUT2D eigenvalue weighted by Crippen LogP contribution is -2.25. The van der Waals surface area contributed by atoms with Gasteiger partial charge in [0, 0.05) is 0 Å². The van der Waals surface area contributed by atoms with Gasteiger partial charge in [-0.05, 0) is 0 Å². The molecule has 5 heteroatoms. The van der Waals surface area contributed by atoms with E-state index in [0.717, 1.165) is 7.11 Å². The van der Waals surface area contributed by atoms with Crippen molar-refractivity contribution in [2.45, 2.75) is 5.38 Å². The lowest BCUT2D eigenvalue weighted by molar-refractivity contribution is -0.148. The maximum absolute atomic E-state index is 10.2. The van der Waals surface area contributed by atoms with Gasteiger partial charge in [0.05, 0.1) is 7.11 Å². The van der Waals surface area contributed by atoms with Crippen LogP contribution in [0.25, 0.3) is 0 Å². The molecule has 0 aliphatic rings. The van der Waals surface area contributed by atoms with Gasteiger partial charge in [0.1, 0.15) is 0 Å². The van der Waals surface area contributed by atoms with Crippen LogP contribution in [0.15, 0.2) is 0 Å². The largest absolute Gasteiger partial charge is 0.480 e. The van der Waals surface area contributed by atoms with Crippen LogP contribution in [0.5, 0.6) is 0 Å². The predicted octanol–water partition coefficient (Wildman–Crippen LogP) is -0.149. The molecule has 9 heavy (non-hydrogen) atoms. The van der Waals surface area contributed by atoms with Gasteiger partial charge in [-0.15, -0.1) is 0 Å². The summed E-state index contributed by atoms with van der Waals surface area (Å²) in [5.41, 5.74) is 0. The minimum Gasteiger partial charge on any atom is -0.480 e. The van der Waals surface area contributed by atoms with Gasteiger partial charge in [0.15, 0.2) is 0 Å². The molecule has 52 valence electrons. The molecule has 0 amide bonds. The molecule has 0 aromatic heterocycles. The smallest absolute Gasteiger partial charge is 0.335 e. The Labute approximate surface area is 56.4 Å². The fourth-order valence-corrected chi connectivity index (χ4v) is 0.293. The molecule has 0 saturated carbocycles. The van der Waals surface area contributed by atoms with Gasteiger partial charge in [0.2, 0.25) is 5.38 Å². The Bertz CT molecular complexity index is 133. The summed E-state index contributed by atoms with van der Waals surface area (Å²) in [6.07, 6.45) is 0. The SMILES string of the molecule is COC(=O)C(Cl)C(=O)O. The number of rotatable bonds is 2. The number of hydrogen-bond acceptors (Lipinski definition) is 3. The van der Waals surface area contributed by atoms with E-state index >= 15 is 0 Å². The van der Waals surface area contributed by atoms with E-state index in [4.69, 9.17) is 16.7 Å². The molecule has 0 fully saturated rings. The highest BCUT2D eigenvalue weighted by atomic mass is 35.5. The number of alkyl halides is 1. The summed E-state index contributed by atoms with van der Waals surface area (Å²) in [6.45, 7) is 0. The number of carboxylic acids is 1. The van der Waals surface area contributed by atoms with Crippen LogP contribution in [-0.4, -0.2) is 29.5 Å². The van der Waals surface area contributed by atoms with Crippen LogP contribution >= 0.6 is 11.6 Å². The third-order valence-corrected chi connectivity index (χ3v) is 0.990. The normalized spacial score (nSPS) is 12.2. The standard InChI is InChI=1S/C4H5ClO4/c1-9-4(8)2(5)3(6)7/h2H,1H3,(H,6,7). The molecular formula is C4H5ClO4. The van der Waals surface area contributed by atoms with E-state index in [2.05, 4.69) is 4.74 Å². The Kier molecular flexibility index (Phi) is 3.01. The Morgan fingerprint density at radius 3 is 2.22 bits per heavy atom. The second-order valence-corrected chi connectivity index (χ2v) is 1.66. The Hall–Kier alpha value is -0.770. The lowest BCUT2D eigenvalue weighted by Gasteiger charge is -1.98. The molecule has 0 heterocycles. The molecule has 0 saturated heterocycles. The number of hydrogen-bond donors (Lipinski definition) is 1. The van der Waals surface area contributed by atoms with Crippen molar-refractivity contribution in [3.8, 4) is 0 Å². The van der Waals surface area contributed by atoms with Gasteiger partial charge in [-0.1, -0.05) is 11.6 Å². The molecule has 0 rings (SSSR count). The number of carbonyl (C=O) groups excluding carboxylic acids is 1. The number of methoxy groups -OCH3 is 1. The molecule has 1 unspecified atom stereocenters. The predicted molar refractivity (Wildman–Crippen MR) is 29.3 cm³/mol. The van der Waals surface area contributed by atoms with Gasteiger partial charge in [-0.25, -0.2) is 9.59 Å². The minimum atomic E-state index is -1.59. The highest BCUT2D eigenvalue weighted by molar-refractivity contribution is 6.39. The van der Waals surface area contributed by atoms with Crippen molar-refractivity contribution in [1.82, 2.24) is 0 Å². The topological polar surface area (TPSA) is 63.6 Å². The van der Waals surface area contributed by atoms with E-state index in [1.165, 1.54) is 0 Å². The van der Waals surface area contributed by atoms with Crippen LogP contribution < -0.4 is 0 Å². The zero-order valence-electron chi connectivity index (χ0n) is 4.63. The number of esters is 1. The van der Waals surface area contributed by atoms with Crippen LogP contribution in [0.1, 0.15) is 0 Å². The third kappa shape index (κ3) is 2.32. The Morgan fingerprint density at radius 2 is 2.11 bits per heavy atom. The first kappa shape index (κ1) is 8.23. The van der Waals surface area contributed by atoms with Gasteiger partial charge < -0.3 is 9.84 Å². The number of ether oxygens (including phenoxy) is 1. The summed E-state index contributed by atoms with van der Waals surface area (Å²) in [4.78, 5) is 20.1. The quantitative estimate of drug-likeness (QED) is 0.340. The lowest BCUT2D eigenvalue weighted by atomic mass is 10.4. The van der Waals surface area contributed by atoms with E-state index in [1.807, 2.05) is 0 Å². The van der Waals surface area contributed by atoms with Gasteiger partial charge in [-0.3, -0.25) is 0 Å². The number of aliphatic carboxylic acids is 1. The van der Waals surface area contributed by atoms with Crippen LogP contribution in [-0.2, 0) is 14.3 Å². The fourth-order valence-electron chi connectivity index (χ4n) is 0.204. The summed E-state index contributed by atoms with van der Waals surface area (Å²) >= 11 is 4.99. The molecule has 1 atom stereocenters. The van der Waals surface area contributed by atoms with E-state index in [1.54, 1.807) is 0 Å². The van der Waals surface area contributed by atoms with E-state index in [-0.39, 0.29) is 0 Å². The average Bonchev–Trinajstić information content (AvgIpc) is 1.84. The second kappa shape index (κ2) is 3.29. The van der Waals surface area contributed by atoms with E-state index in [9.17, 15) is 9.59 Å². The van der Waals surface area contributed by atoms with Crippen LogP contribution in [0.2, 0.25) is 0 Å². The summed E-state index contributed by atoms with van der Waals surface area (Å²) < 4.78 is 4.02. The van der Waals surface area contributed by atoms with Crippen molar-refractivity contribution in [3.63, 3.8) is 0 Å². The molecule has 1 N–H and O–H groups in total. The van der Waals surface area contributed by atoms with Gasteiger partial charge in [0.25, 0.3) is 0 Å². The van der Waals surface area contributed by atoms with Gasteiger partial charge >= 0.3 is 11.9 Å². The minimum absolute atomic E-state index is 0.954. The van der Waals surface area contributed by atoms with E-state index < -0.39 is 17.3 Å². The van der Waals surface area contributed by atoms with Crippen LogP contribution in [0.4, 0.5) is 0 Å². The molecular weight excluding hydrogens is 147 g/mol. The van der Waals surface area contributed by atoms with Crippen molar-refractivity contribution in [1.29, 1.82) is 0 Å². The fraction of sp³-hybridized carbons (Fsp3) is 0.500. The Balaban J connectivity index is 3.88. The molecule has 0 radical (unpaired) electrons. The molecule has 0 aliphatic heterocycles. The number of carbonyl (C=O) groups is 2. The maximum atomic E-state index is 10.2. The third-order valence-electron chi connectivity index (χ3n) is 0.625. The summed E-state index contributed by atoms with van der Waals surface area (Å²) in [6, 6.07) is 0. The van der Waals surface area contributed by atoms with Crippen LogP contribution in [0.3, 0.4) is 0 Å². The summed E-state index contributed by atoms with van der Waals surface area (Å²) in [5, 5.41) is 6.46. The van der Waals surface area contributed by atoms with Crippen molar-refractivity contribution >= 4 is 23.5 Å². The van der Waals surface area contributed by atoms with Crippen molar-refractivity contribution < 1.29 is 19.4 Å². The first-order valence-electron chi connectivity index (χ1n) is 2.04. The molecule has 0 aliphatic carbocycles. The molecule has 0 spiro atoms. The van der Waals surface area contributed by atoms with Crippen molar-refractivity contribution in [3.05, 3.63) is 0 Å². The number of carboxylic acid groups (broad SMARTS) is 1. The first-order chi connectivity index (χ1) is 4.09. The van der Waals surface area contributed by atoms with E-state index in [0.29, 0.717) is 0 Å². The first-order valence-corrected chi connectivity index (χ1v) is 2.48. The Morgan fingerprint density at radius 1 is 1.67 bits per heavy atom. The number of halogens is 1. The monoisotopic (exact) mass is 152 g/mol. The van der Waals surface area contributed by atoms with Crippen LogP contribution in [0, 0.1) is 0 Å². The maximum Gasteiger partial charge on any atom is 0.335 e. The molecule has 4 nitrogen and oxygen atoms in total. The zero-order valence-corrected chi connectivity index (χ0v) is 5.38. The zero-order chi connectivity index (χ0) is 7.44. The molecule has 0 bridgehead atoms. The second-order valence-electron chi connectivity index (χ2n) is 1.22. The highest BCUT2D eigenvalue weighted by Gasteiger charge is 2.23. The highest BCUT2D eigenvalue weighted by Crippen LogP contribution is 1.96. The molecule has 0 aromatic rings.